The summed E-state index contributed by atoms with van der Waals surface area (Å²) in [6, 6.07) is 7.08. The maximum atomic E-state index is 12.8. The third-order valence-corrected chi connectivity index (χ3v) is 5.05. The molecule has 0 spiro atoms. The third-order valence-electron chi connectivity index (χ3n) is 5.05. The molecule has 1 aliphatic rings. The van der Waals surface area contributed by atoms with Crippen LogP contribution < -0.4 is 9.64 Å². The molecule has 0 fully saturated rings. The minimum absolute atomic E-state index is 0.0301. The molecular formula is C21H22F3NO3. The SMILES string of the molecule is CCN1C(=O)CC(C)(C)c2cc(C)c(-c3cc(O)ccc3OC(F)(F)F)cc21. The number of aryl methyl sites for hydroxylation is 1. The third kappa shape index (κ3) is 3.66. The minimum Gasteiger partial charge on any atom is -0.508 e. The summed E-state index contributed by atoms with van der Waals surface area (Å²) < 4.78 is 42.7. The van der Waals surface area contributed by atoms with E-state index >= 15 is 0 Å². The number of carbonyl (C=O) groups is 1. The molecule has 0 saturated carbocycles. The summed E-state index contributed by atoms with van der Waals surface area (Å²) in [4.78, 5) is 14.2. The van der Waals surface area contributed by atoms with Crippen molar-refractivity contribution in [3.8, 4) is 22.6 Å². The maximum absolute atomic E-state index is 12.8. The van der Waals surface area contributed by atoms with Crippen LogP contribution in [0.1, 0.15) is 38.3 Å². The molecule has 0 atom stereocenters. The van der Waals surface area contributed by atoms with Crippen LogP contribution in [-0.2, 0) is 10.2 Å². The Balaban J connectivity index is 2.24. The molecule has 1 N–H and O–H groups in total. The summed E-state index contributed by atoms with van der Waals surface area (Å²) in [5.41, 5.74) is 2.57. The number of hydrogen-bond acceptors (Lipinski definition) is 3. The smallest absolute Gasteiger partial charge is 0.508 e. The zero-order valence-electron chi connectivity index (χ0n) is 16.1. The Labute approximate surface area is 161 Å². The van der Waals surface area contributed by atoms with Gasteiger partial charge in [0.2, 0.25) is 5.91 Å². The summed E-state index contributed by atoms with van der Waals surface area (Å²) in [6.07, 6.45) is -4.50. The van der Waals surface area contributed by atoms with Crippen molar-refractivity contribution in [1.29, 1.82) is 0 Å². The number of ether oxygens (including phenoxy) is 1. The number of anilines is 1. The summed E-state index contributed by atoms with van der Waals surface area (Å²) in [5, 5.41) is 9.85. The Morgan fingerprint density at radius 2 is 1.86 bits per heavy atom. The molecule has 1 aliphatic heterocycles. The van der Waals surface area contributed by atoms with Crippen molar-refractivity contribution in [3.05, 3.63) is 41.5 Å². The second-order valence-electron chi connectivity index (χ2n) is 7.61. The zero-order valence-corrected chi connectivity index (χ0v) is 16.1. The van der Waals surface area contributed by atoms with E-state index in [1.165, 1.54) is 6.07 Å². The molecule has 0 aliphatic carbocycles. The summed E-state index contributed by atoms with van der Waals surface area (Å²) in [5.74, 6) is -0.610. The summed E-state index contributed by atoms with van der Waals surface area (Å²) in [6.45, 7) is 8.05. The Morgan fingerprint density at radius 3 is 2.46 bits per heavy atom. The molecule has 0 radical (unpaired) electrons. The fourth-order valence-corrected chi connectivity index (χ4v) is 3.74. The van der Waals surface area contributed by atoms with Gasteiger partial charge in [0, 0.05) is 29.6 Å². The lowest BCUT2D eigenvalue weighted by atomic mass is 9.75. The topological polar surface area (TPSA) is 49.8 Å². The van der Waals surface area contributed by atoms with E-state index in [9.17, 15) is 23.1 Å². The van der Waals surface area contributed by atoms with Crippen molar-refractivity contribution in [2.75, 3.05) is 11.4 Å². The number of rotatable bonds is 3. The van der Waals surface area contributed by atoms with Gasteiger partial charge in [-0.25, -0.2) is 0 Å². The van der Waals surface area contributed by atoms with E-state index in [0.29, 0.717) is 24.2 Å². The first-order chi connectivity index (χ1) is 12.9. The fourth-order valence-electron chi connectivity index (χ4n) is 3.74. The van der Waals surface area contributed by atoms with Crippen LogP contribution in [0.15, 0.2) is 30.3 Å². The van der Waals surface area contributed by atoms with Gasteiger partial charge >= 0.3 is 6.36 Å². The molecule has 2 aromatic rings. The molecule has 0 aromatic heterocycles. The van der Waals surface area contributed by atoms with Crippen LogP contribution in [0, 0.1) is 6.92 Å². The van der Waals surface area contributed by atoms with Gasteiger partial charge in [0.1, 0.15) is 11.5 Å². The summed E-state index contributed by atoms with van der Waals surface area (Å²) in [7, 11) is 0. The first-order valence-electron chi connectivity index (χ1n) is 8.97. The van der Waals surface area contributed by atoms with E-state index in [2.05, 4.69) is 4.74 Å². The number of carbonyl (C=O) groups excluding carboxylic acids is 1. The highest BCUT2D eigenvalue weighted by molar-refractivity contribution is 5.99. The Bertz CT molecular complexity index is 935. The standard InChI is InChI=1S/C21H22F3NO3/c1-5-25-17-10-14(12(2)8-16(17)20(3,4)11-19(25)27)15-9-13(26)6-7-18(15)28-21(22,23)24/h6-10,26H,5,11H2,1-4H3. The van der Waals surface area contributed by atoms with E-state index < -0.39 is 12.1 Å². The molecule has 0 bridgehead atoms. The van der Waals surface area contributed by atoms with Gasteiger partial charge in [-0.3, -0.25) is 4.79 Å². The van der Waals surface area contributed by atoms with Crippen molar-refractivity contribution in [1.82, 2.24) is 0 Å². The van der Waals surface area contributed by atoms with Crippen molar-refractivity contribution in [2.45, 2.75) is 45.9 Å². The van der Waals surface area contributed by atoms with Crippen LogP contribution in [-0.4, -0.2) is 23.9 Å². The molecular weight excluding hydrogens is 371 g/mol. The lowest BCUT2D eigenvalue weighted by molar-refractivity contribution is -0.274. The lowest BCUT2D eigenvalue weighted by Crippen LogP contribution is -2.41. The van der Waals surface area contributed by atoms with Gasteiger partial charge in [-0.2, -0.15) is 0 Å². The maximum Gasteiger partial charge on any atom is 0.573 e. The van der Waals surface area contributed by atoms with Crippen LogP contribution in [0.4, 0.5) is 18.9 Å². The molecule has 0 unspecified atom stereocenters. The van der Waals surface area contributed by atoms with Crippen LogP contribution in [0.5, 0.6) is 11.5 Å². The highest BCUT2D eigenvalue weighted by Gasteiger charge is 2.37. The number of alkyl halides is 3. The first-order valence-corrected chi connectivity index (χ1v) is 8.97. The quantitative estimate of drug-likeness (QED) is 0.770. The number of phenolic OH excluding ortho intramolecular Hbond substituents is 1. The van der Waals surface area contributed by atoms with Gasteiger partial charge in [-0.15, -0.1) is 13.2 Å². The Hall–Kier alpha value is -2.70. The molecule has 1 heterocycles. The van der Waals surface area contributed by atoms with Crippen molar-refractivity contribution in [3.63, 3.8) is 0 Å². The van der Waals surface area contributed by atoms with Gasteiger partial charge in [0.05, 0.1) is 0 Å². The van der Waals surface area contributed by atoms with Crippen LogP contribution in [0.3, 0.4) is 0 Å². The van der Waals surface area contributed by atoms with Gasteiger partial charge in [-0.1, -0.05) is 19.9 Å². The normalized spacial score (nSPS) is 16.1. The van der Waals surface area contributed by atoms with E-state index in [4.69, 9.17) is 0 Å². The van der Waals surface area contributed by atoms with Crippen molar-refractivity contribution < 1.29 is 27.8 Å². The molecule has 1 amide bonds. The number of aromatic hydroxyl groups is 1. The van der Waals surface area contributed by atoms with Crippen molar-refractivity contribution in [2.24, 2.45) is 0 Å². The van der Waals surface area contributed by atoms with E-state index in [1.807, 2.05) is 26.8 Å². The van der Waals surface area contributed by atoms with Gasteiger partial charge in [-0.05, 0) is 54.8 Å². The predicted molar refractivity (Wildman–Crippen MR) is 101 cm³/mol. The molecule has 3 rings (SSSR count). The number of phenols is 1. The van der Waals surface area contributed by atoms with Gasteiger partial charge < -0.3 is 14.7 Å². The van der Waals surface area contributed by atoms with Crippen LogP contribution in [0.2, 0.25) is 0 Å². The van der Waals surface area contributed by atoms with Gasteiger partial charge in [0.25, 0.3) is 0 Å². The monoisotopic (exact) mass is 393 g/mol. The average Bonchev–Trinajstić information content (AvgIpc) is 2.55. The number of fused-ring (bicyclic) bond motifs is 1. The van der Waals surface area contributed by atoms with E-state index in [1.54, 1.807) is 17.9 Å². The fraction of sp³-hybridized carbons (Fsp3) is 0.381. The number of nitrogens with zero attached hydrogens (tertiary/aromatic N) is 1. The molecule has 150 valence electrons. The number of halogens is 3. The highest BCUT2D eigenvalue weighted by Crippen LogP contribution is 2.45. The zero-order chi connectivity index (χ0) is 20.9. The number of amides is 1. The minimum atomic E-state index is -4.86. The van der Waals surface area contributed by atoms with Crippen LogP contribution in [0.25, 0.3) is 11.1 Å². The van der Waals surface area contributed by atoms with Crippen molar-refractivity contribution >= 4 is 11.6 Å². The average molecular weight is 393 g/mol. The van der Waals surface area contributed by atoms with E-state index in [-0.39, 0.29) is 22.6 Å². The molecule has 4 nitrogen and oxygen atoms in total. The molecule has 2 aromatic carbocycles. The van der Waals surface area contributed by atoms with Crippen LogP contribution >= 0.6 is 0 Å². The van der Waals surface area contributed by atoms with Gasteiger partial charge in [0.15, 0.2) is 0 Å². The molecule has 7 heteroatoms. The Morgan fingerprint density at radius 1 is 1.18 bits per heavy atom. The summed E-state index contributed by atoms with van der Waals surface area (Å²) >= 11 is 0. The molecule has 28 heavy (non-hydrogen) atoms. The second-order valence-corrected chi connectivity index (χ2v) is 7.61. The highest BCUT2D eigenvalue weighted by atomic mass is 19.4. The number of hydrogen-bond donors (Lipinski definition) is 1. The molecule has 0 saturated heterocycles. The van der Waals surface area contributed by atoms with E-state index in [0.717, 1.165) is 23.3 Å². The lowest BCUT2D eigenvalue weighted by Gasteiger charge is -2.39. The Kier molecular flexibility index (Phi) is 4.81. The largest absolute Gasteiger partial charge is 0.573 e. The second kappa shape index (κ2) is 6.72. The first kappa shape index (κ1) is 20.0. The predicted octanol–water partition coefficient (Wildman–Crippen LogP) is 5.30. The number of benzene rings is 2.